The quantitative estimate of drug-likeness (QED) is 0.148. The Bertz CT molecular complexity index is 734. The number of amides is 2. The highest BCUT2D eigenvalue weighted by atomic mass is 16.5. The lowest BCUT2D eigenvalue weighted by atomic mass is 10.0. The van der Waals surface area contributed by atoms with Crippen LogP contribution in [-0.2, 0) is 9.59 Å². The molecule has 35 heavy (non-hydrogen) atoms. The fourth-order valence-corrected chi connectivity index (χ4v) is 4.08. The fourth-order valence-electron chi connectivity index (χ4n) is 4.08. The molecule has 0 radical (unpaired) electrons. The number of carbonyl (C=O) groups excluding carboxylic acids is 2. The van der Waals surface area contributed by atoms with Crippen LogP contribution in [-0.4, -0.2) is 31.1 Å². The number of methoxy groups -OCH3 is 2. The van der Waals surface area contributed by atoms with Crippen LogP contribution in [0, 0.1) is 0 Å². The summed E-state index contributed by atoms with van der Waals surface area (Å²) in [5, 5.41) is 12.3. The predicted molar refractivity (Wildman–Crippen MR) is 143 cm³/mol. The van der Waals surface area contributed by atoms with Crippen molar-refractivity contribution in [2.24, 2.45) is 0 Å². The molecule has 0 heterocycles. The fraction of sp³-hybridized carbons (Fsp3) is 0.655. The Morgan fingerprint density at radius 2 is 1.20 bits per heavy atom. The number of nitrogens with one attached hydrogen (secondary N) is 1. The average Bonchev–Trinajstić information content (AvgIpc) is 2.85. The maximum Gasteiger partial charge on any atom is 0.250 e. The Morgan fingerprint density at radius 1 is 0.771 bits per heavy atom. The van der Waals surface area contributed by atoms with Gasteiger partial charge in [0.15, 0.2) is 11.5 Å². The molecule has 1 rings (SSSR count). The van der Waals surface area contributed by atoms with Gasteiger partial charge in [-0.15, -0.1) is 0 Å². The zero-order valence-electron chi connectivity index (χ0n) is 22.2. The lowest BCUT2D eigenvalue weighted by Gasteiger charge is -2.09. The van der Waals surface area contributed by atoms with Crippen molar-refractivity contribution in [1.29, 1.82) is 0 Å². The van der Waals surface area contributed by atoms with E-state index in [0.717, 1.165) is 19.3 Å². The summed E-state index contributed by atoms with van der Waals surface area (Å²) in [6.07, 6.45) is 22.4. The van der Waals surface area contributed by atoms with Crippen molar-refractivity contribution >= 4 is 17.9 Å². The summed E-state index contributed by atoms with van der Waals surface area (Å²) in [5.41, 5.74) is 0.613. The molecule has 0 saturated heterocycles. The van der Waals surface area contributed by atoms with E-state index in [1.165, 1.54) is 97.3 Å². The van der Waals surface area contributed by atoms with Gasteiger partial charge in [-0.25, -0.2) is 0 Å². The van der Waals surface area contributed by atoms with Crippen molar-refractivity contribution in [3.05, 3.63) is 23.8 Å². The zero-order chi connectivity index (χ0) is 25.7. The van der Waals surface area contributed by atoms with E-state index >= 15 is 0 Å². The number of imide groups is 1. The molecular weight excluding hydrogens is 442 g/mol. The van der Waals surface area contributed by atoms with E-state index in [-0.39, 0.29) is 23.2 Å². The number of ether oxygens (including phenoxy) is 2. The van der Waals surface area contributed by atoms with E-state index in [2.05, 4.69) is 12.2 Å². The lowest BCUT2D eigenvalue weighted by molar-refractivity contribution is -0.128. The number of carbonyl (C=O) groups is 2. The van der Waals surface area contributed by atoms with Crippen molar-refractivity contribution in [3.8, 4) is 17.2 Å². The summed E-state index contributed by atoms with van der Waals surface area (Å²) in [6.45, 7) is 2.26. The number of phenols is 1. The first kappa shape index (κ1) is 30.5. The number of unbranched alkanes of at least 4 members (excludes halogenated alkanes) is 14. The van der Waals surface area contributed by atoms with Crippen LogP contribution >= 0.6 is 0 Å². The molecule has 0 spiro atoms. The third-order valence-corrected chi connectivity index (χ3v) is 6.20. The number of hydrogen-bond acceptors (Lipinski definition) is 5. The molecule has 0 saturated carbocycles. The van der Waals surface area contributed by atoms with Gasteiger partial charge < -0.3 is 14.6 Å². The molecule has 2 amide bonds. The first-order chi connectivity index (χ1) is 17.0. The Kier molecular flexibility index (Phi) is 17.2. The number of benzene rings is 1. The smallest absolute Gasteiger partial charge is 0.250 e. The van der Waals surface area contributed by atoms with Crippen LogP contribution in [0.25, 0.3) is 6.08 Å². The molecule has 1 aromatic carbocycles. The molecule has 1 aromatic rings. The number of phenolic OH excluding ortho intramolecular Hbond substituents is 1. The third kappa shape index (κ3) is 14.5. The molecule has 6 heteroatoms. The van der Waals surface area contributed by atoms with Crippen LogP contribution in [0.4, 0.5) is 0 Å². The van der Waals surface area contributed by atoms with E-state index in [1.54, 1.807) is 18.2 Å². The van der Waals surface area contributed by atoms with Gasteiger partial charge in [-0.3, -0.25) is 14.9 Å². The molecule has 198 valence electrons. The molecule has 2 N–H and O–H groups in total. The minimum absolute atomic E-state index is 0.102. The monoisotopic (exact) mass is 489 g/mol. The SMILES string of the molecule is CCCCCCCCCCCCCCCCCC(=O)NC(=O)/C=C/c1cc(OC)c(O)c(OC)c1. The third-order valence-electron chi connectivity index (χ3n) is 6.20. The largest absolute Gasteiger partial charge is 0.502 e. The molecule has 0 aliphatic carbocycles. The molecule has 0 atom stereocenters. The molecule has 0 aromatic heterocycles. The van der Waals surface area contributed by atoms with Gasteiger partial charge in [-0.2, -0.15) is 0 Å². The highest BCUT2D eigenvalue weighted by molar-refractivity contribution is 6.02. The second-order valence-corrected chi connectivity index (χ2v) is 9.22. The first-order valence-corrected chi connectivity index (χ1v) is 13.5. The van der Waals surface area contributed by atoms with E-state index in [4.69, 9.17) is 9.47 Å². The van der Waals surface area contributed by atoms with Crippen LogP contribution in [0.1, 0.15) is 115 Å². The summed E-state index contributed by atoms with van der Waals surface area (Å²) in [5.74, 6) is -0.338. The van der Waals surface area contributed by atoms with Crippen LogP contribution < -0.4 is 14.8 Å². The second-order valence-electron chi connectivity index (χ2n) is 9.22. The van der Waals surface area contributed by atoms with E-state index < -0.39 is 5.91 Å². The highest BCUT2D eigenvalue weighted by Crippen LogP contribution is 2.37. The summed E-state index contributed by atoms with van der Waals surface area (Å²) in [6, 6.07) is 3.16. The Balaban J connectivity index is 2.07. The van der Waals surface area contributed by atoms with Gasteiger partial charge in [0.25, 0.3) is 5.91 Å². The minimum atomic E-state index is -0.470. The zero-order valence-corrected chi connectivity index (χ0v) is 22.2. The summed E-state index contributed by atoms with van der Waals surface area (Å²) in [7, 11) is 2.87. The molecule has 6 nitrogen and oxygen atoms in total. The summed E-state index contributed by atoms with van der Waals surface area (Å²) in [4.78, 5) is 24.0. The van der Waals surface area contributed by atoms with Gasteiger partial charge in [0.2, 0.25) is 11.7 Å². The Morgan fingerprint density at radius 3 is 1.63 bits per heavy atom. The van der Waals surface area contributed by atoms with E-state index in [0.29, 0.717) is 12.0 Å². The molecule has 0 bridgehead atoms. The van der Waals surface area contributed by atoms with Gasteiger partial charge in [-0.05, 0) is 30.2 Å². The summed E-state index contributed by atoms with van der Waals surface area (Å²) < 4.78 is 10.2. The van der Waals surface area contributed by atoms with Gasteiger partial charge in [0, 0.05) is 12.5 Å². The van der Waals surface area contributed by atoms with Crippen LogP contribution in [0.3, 0.4) is 0 Å². The standard InChI is InChI=1S/C29H47NO5/c1-4-5-6-7-8-9-10-11-12-13-14-15-16-17-18-19-27(31)30-28(32)21-20-24-22-25(34-2)29(33)26(23-24)35-3/h20-23,33H,4-19H2,1-3H3,(H,30,31,32)/b21-20+. The van der Waals surface area contributed by atoms with Crippen molar-refractivity contribution in [3.63, 3.8) is 0 Å². The van der Waals surface area contributed by atoms with Crippen molar-refractivity contribution in [1.82, 2.24) is 5.32 Å². The van der Waals surface area contributed by atoms with Gasteiger partial charge in [0.05, 0.1) is 14.2 Å². The minimum Gasteiger partial charge on any atom is -0.502 e. The lowest BCUT2D eigenvalue weighted by Crippen LogP contribution is -2.28. The Labute approximate surface area is 212 Å². The van der Waals surface area contributed by atoms with Crippen LogP contribution in [0.5, 0.6) is 17.2 Å². The topological polar surface area (TPSA) is 84.9 Å². The molecule has 0 aliphatic heterocycles. The highest BCUT2D eigenvalue weighted by Gasteiger charge is 2.10. The Hall–Kier alpha value is -2.50. The van der Waals surface area contributed by atoms with Gasteiger partial charge in [-0.1, -0.05) is 96.8 Å². The van der Waals surface area contributed by atoms with Crippen molar-refractivity contribution in [2.45, 2.75) is 110 Å². The van der Waals surface area contributed by atoms with Crippen LogP contribution in [0.15, 0.2) is 18.2 Å². The molecule has 0 unspecified atom stereocenters. The number of aromatic hydroxyl groups is 1. The second kappa shape index (κ2) is 19.8. The van der Waals surface area contributed by atoms with E-state index in [9.17, 15) is 14.7 Å². The number of hydrogen-bond donors (Lipinski definition) is 2. The van der Waals surface area contributed by atoms with E-state index in [1.807, 2.05) is 0 Å². The maximum absolute atomic E-state index is 12.0. The molecular formula is C29H47NO5. The van der Waals surface area contributed by atoms with Gasteiger partial charge in [0.1, 0.15) is 0 Å². The van der Waals surface area contributed by atoms with Crippen LogP contribution in [0.2, 0.25) is 0 Å². The van der Waals surface area contributed by atoms with Crippen molar-refractivity contribution < 1.29 is 24.2 Å². The predicted octanol–water partition coefficient (Wildman–Crippen LogP) is 7.33. The maximum atomic E-state index is 12.0. The molecule has 0 aliphatic rings. The average molecular weight is 490 g/mol. The van der Waals surface area contributed by atoms with Gasteiger partial charge >= 0.3 is 0 Å². The number of rotatable bonds is 20. The summed E-state index contributed by atoms with van der Waals surface area (Å²) >= 11 is 0. The molecule has 0 fully saturated rings. The van der Waals surface area contributed by atoms with Crippen molar-refractivity contribution in [2.75, 3.05) is 14.2 Å². The normalized spacial score (nSPS) is 11.1. The first-order valence-electron chi connectivity index (χ1n) is 13.5.